The summed E-state index contributed by atoms with van der Waals surface area (Å²) in [7, 11) is -4.06. The molecule has 0 radical (unpaired) electrons. The molecule has 2 N–H and O–H groups in total. The van der Waals surface area contributed by atoms with Gasteiger partial charge >= 0.3 is 22.3 Å². The minimum Gasteiger partial charge on any atom is -0.481 e. The monoisotopic (exact) mass is 294 g/mol. The van der Waals surface area contributed by atoms with Gasteiger partial charge in [0.25, 0.3) is 0 Å². The number of carboxylic acids is 1. The van der Waals surface area contributed by atoms with Gasteiger partial charge in [-0.1, -0.05) is 6.92 Å². The number of ether oxygens (including phenoxy) is 1. The predicted octanol–water partition coefficient (Wildman–Crippen LogP) is 0.0183. The molecular formula is C10H18N2O6S. The highest BCUT2D eigenvalue weighted by Crippen LogP contribution is 2.24. The molecular weight excluding hydrogens is 276 g/mol. The molecule has 110 valence electrons. The van der Waals surface area contributed by atoms with Crippen LogP contribution in [-0.2, 0) is 19.7 Å². The van der Waals surface area contributed by atoms with E-state index in [4.69, 9.17) is 5.11 Å². The zero-order chi connectivity index (χ0) is 14.8. The molecule has 1 aliphatic heterocycles. The molecule has 2 unspecified atom stereocenters. The third-order valence-corrected chi connectivity index (χ3v) is 4.19. The average molecular weight is 294 g/mol. The summed E-state index contributed by atoms with van der Waals surface area (Å²) in [6, 6.07) is 0. The Morgan fingerprint density at radius 3 is 2.37 bits per heavy atom. The van der Waals surface area contributed by atoms with E-state index in [0.717, 1.165) is 4.31 Å². The zero-order valence-corrected chi connectivity index (χ0v) is 11.8. The molecule has 0 aliphatic carbocycles. The van der Waals surface area contributed by atoms with Crippen LogP contribution in [0.1, 0.15) is 20.8 Å². The van der Waals surface area contributed by atoms with E-state index in [9.17, 15) is 18.0 Å². The van der Waals surface area contributed by atoms with Crippen molar-refractivity contribution >= 4 is 22.3 Å². The van der Waals surface area contributed by atoms with Gasteiger partial charge in [-0.3, -0.25) is 4.79 Å². The fourth-order valence-corrected chi connectivity index (χ4v) is 3.02. The largest absolute Gasteiger partial charge is 0.481 e. The Kier molecular flexibility index (Phi) is 4.75. The number of nitrogens with zero attached hydrogens (tertiary/aromatic N) is 1. The van der Waals surface area contributed by atoms with Gasteiger partial charge in [0, 0.05) is 13.1 Å². The molecule has 0 bridgehead atoms. The molecule has 0 aromatic carbocycles. The summed E-state index contributed by atoms with van der Waals surface area (Å²) in [5, 5.41) is 8.93. The standard InChI is InChI=1S/C10H18N2O6S/c1-6(2)18-10(15)11-19(16,17)12-4-7(3)8(5-12)9(13)14/h6-8H,4-5H2,1-3H3,(H,11,15)(H,13,14). The first-order chi connectivity index (χ1) is 8.63. The second kappa shape index (κ2) is 5.74. The maximum atomic E-state index is 11.9. The Morgan fingerprint density at radius 1 is 1.37 bits per heavy atom. The lowest BCUT2D eigenvalue weighted by Gasteiger charge is -2.17. The van der Waals surface area contributed by atoms with Crippen molar-refractivity contribution < 1.29 is 27.9 Å². The number of amides is 1. The maximum absolute atomic E-state index is 11.9. The molecule has 2 atom stereocenters. The molecule has 8 nitrogen and oxygen atoms in total. The summed E-state index contributed by atoms with van der Waals surface area (Å²) in [5.41, 5.74) is 0. The van der Waals surface area contributed by atoms with Crippen molar-refractivity contribution in [3.8, 4) is 0 Å². The maximum Gasteiger partial charge on any atom is 0.422 e. The van der Waals surface area contributed by atoms with Crippen LogP contribution < -0.4 is 4.72 Å². The SMILES string of the molecule is CC(C)OC(=O)NS(=O)(=O)N1CC(C)C(C(=O)O)C1. The minimum atomic E-state index is -4.06. The molecule has 1 rings (SSSR count). The number of hydrogen-bond acceptors (Lipinski definition) is 5. The first-order valence-corrected chi connectivity index (χ1v) is 7.28. The molecule has 0 spiro atoms. The summed E-state index contributed by atoms with van der Waals surface area (Å²) in [5.74, 6) is -2.12. The van der Waals surface area contributed by atoms with Crippen LogP contribution in [0.5, 0.6) is 0 Å². The van der Waals surface area contributed by atoms with E-state index in [0.29, 0.717) is 0 Å². The van der Waals surface area contributed by atoms with Gasteiger partial charge in [0.2, 0.25) is 0 Å². The lowest BCUT2D eigenvalue weighted by Crippen LogP contribution is -2.43. The Balaban J connectivity index is 2.70. The number of carbonyl (C=O) groups excluding carboxylic acids is 1. The van der Waals surface area contributed by atoms with E-state index < -0.39 is 34.3 Å². The number of carboxylic acid groups (broad SMARTS) is 1. The van der Waals surface area contributed by atoms with Gasteiger partial charge in [-0.05, 0) is 19.8 Å². The van der Waals surface area contributed by atoms with Gasteiger partial charge in [-0.25, -0.2) is 9.52 Å². The molecule has 1 saturated heterocycles. The highest BCUT2D eigenvalue weighted by molar-refractivity contribution is 7.87. The molecule has 0 saturated carbocycles. The van der Waals surface area contributed by atoms with Gasteiger partial charge in [0.05, 0.1) is 12.0 Å². The summed E-state index contributed by atoms with van der Waals surface area (Å²) < 4.78 is 31.1. The lowest BCUT2D eigenvalue weighted by molar-refractivity contribution is -0.142. The van der Waals surface area contributed by atoms with Gasteiger partial charge in [-0.2, -0.15) is 12.7 Å². The van der Waals surface area contributed by atoms with Gasteiger partial charge < -0.3 is 9.84 Å². The van der Waals surface area contributed by atoms with Crippen molar-refractivity contribution in [2.75, 3.05) is 13.1 Å². The summed E-state index contributed by atoms with van der Waals surface area (Å²) in [6.45, 7) is 4.73. The van der Waals surface area contributed by atoms with Crippen molar-refractivity contribution in [2.24, 2.45) is 11.8 Å². The number of aliphatic carboxylic acids is 1. The fraction of sp³-hybridized carbons (Fsp3) is 0.800. The van der Waals surface area contributed by atoms with E-state index in [1.165, 1.54) is 0 Å². The van der Waals surface area contributed by atoms with E-state index in [1.54, 1.807) is 25.5 Å². The Labute approximate surface area is 111 Å². The molecule has 1 fully saturated rings. The fourth-order valence-electron chi connectivity index (χ4n) is 1.85. The Morgan fingerprint density at radius 2 is 1.95 bits per heavy atom. The van der Waals surface area contributed by atoms with Crippen molar-refractivity contribution in [1.29, 1.82) is 0 Å². The second-order valence-electron chi connectivity index (χ2n) is 4.80. The Hall–Kier alpha value is -1.35. The van der Waals surface area contributed by atoms with Gasteiger partial charge in [-0.15, -0.1) is 0 Å². The van der Waals surface area contributed by atoms with Crippen LogP contribution in [0.15, 0.2) is 0 Å². The smallest absolute Gasteiger partial charge is 0.422 e. The van der Waals surface area contributed by atoms with Gasteiger partial charge in [0.1, 0.15) is 0 Å². The number of hydrogen-bond donors (Lipinski definition) is 2. The highest BCUT2D eigenvalue weighted by atomic mass is 32.2. The Bertz CT molecular complexity index is 461. The van der Waals surface area contributed by atoms with Gasteiger partial charge in [0.15, 0.2) is 0 Å². The predicted molar refractivity (Wildman–Crippen MR) is 65.5 cm³/mol. The van der Waals surface area contributed by atoms with Crippen LogP contribution in [0.3, 0.4) is 0 Å². The summed E-state index contributed by atoms with van der Waals surface area (Å²) in [6.07, 6.45) is -1.51. The molecule has 0 aromatic heterocycles. The van der Waals surface area contributed by atoms with Crippen molar-refractivity contribution in [3.63, 3.8) is 0 Å². The van der Waals surface area contributed by atoms with Crippen LogP contribution in [0.2, 0.25) is 0 Å². The van der Waals surface area contributed by atoms with E-state index >= 15 is 0 Å². The van der Waals surface area contributed by atoms with Crippen LogP contribution in [0.4, 0.5) is 4.79 Å². The quantitative estimate of drug-likeness (QED) is 0.755. The van der Waals surface area contributed by atoms with E-state index in [1.807, 2.05) is 0 Å². The lowest BCUT2D eigenvalue weighted by atomic mass is 9.99. The highest BCUT2D eigenvalue weighted by Gasteiger charge is 2.40. The first-order valence-electron chi connectivity index (χ1n) is 5.84. The third kappa shape index (κ3) is 4.06. The van der Waals surface area contributed by atoms with Crippen molar-refractivity contribution in [1.82, 2.24) is 9.03 Å². The summed E-state index contributed by atoms with van der Waals surface area (Å²) >= 11 is 0. The van der Waals surface area contributed by atoms with Crippen molar-refractivity contribution in [2.45, 2.75) is 26.9 Å². The van der Waals surface area contributed by atoms with Crippen LogP contribution in [-0.4, -0.2) is 49.1 Å². The van der Waals surface area contributed by atoms with Crippen LogP contribution in [0.25, 0.3) is 0 Å². The molecule has 19 heavy (non-hydrogen) atoms. The van der Waals surface area contributed by atoms with E-state index in [-0.39, 0.29) is 19.0 Å². The van der Waals surface area contributed by atoms with Crippen LogP contribution >= 0.6 is 0 Å². The number of nitrogens with one attached hydrogen (secondary N) is 1. The molecule has 0 aromatic rings. The third-order valence-electron chi connectivity index (χ3n) is 2.79. The minimum absolute atomic E-state index is 0.0568. The molecule has 9 heteroatoms. The summed E-state index contributed by atoms with van der Waals surface area (Å²) in [4.78, 5) is 22.2. The topological polar surface area (TPSA) is 113 Å². The number of carbonyl (C=O) groups is 2. The molecule has 1 amide bonds. The zero-order valence-electron chi connectivity index (χ0n) is 11.0. The normalized spacial score (nSPS) is 24.4. The van der Waals surface area contributed by atoms with Crippen LogP contribution in [0, 0.1) is 11.8 Å². The van der Waals surface area contributed by atoms with Crippen molar-refractivity contribution in [3.05, 3.63) is 0 Å². The second-order valence-corrected chi connectivity index (χ2v) is 6.47. The van der Waals surface area contributed by atoms with E-state index in [2.05, 4.69) is 4.74 Å². The first kappa shape index (κ1) is 15.7. The average Bonchev–Trinajstić information content (AvgIpc) is 2.58. The number of rotatable bonds is 4. The molecule has 1 aliphatic rings. The molecule has 1 heterocycles.